The van der Waals surface area contributed by atoms with Crippen LogP contribution in [-0.2, 0) is 11.0 Å². The van der Waals surface area contributed by atoms with Crippen LogP contribution in [0.25, 0.3) is 0 Å². The monoisotopic (exact) mass is 245 g/mol. The van der Waals surface area contributed by atoms with Crippen molar-refractivity contribution < 1.29 is 0 Å². The number of hydrogen-bond acceptors (Lipinski definition) is 1. The van der Waals surface area contributed by atoms with E-state index >= 15 is 0 Å². The standard InChI is InChI=1S/C17H27N/c1-4-16(2,3)14-8-10-15(11-9-14)17(18)12-6-5-7-13-17/h8-11H,4-7,12-13,18H2,1-3H3. The van der Waals surface area contributed by atoms with Gasteiger partial charge in [-0.3, -0.25) is 0 Å². The normalized spacial score (nSPS) is 19.8. The lowest BCUT2D eigenvalue weighted by Gasteiger charge is -2.34. The summed E-state index contributed by atoms with van der Waals surface area (Å²) in [5.41, 5.74) is 9.54. The van der Waals surface area contributed by atoms with Gasteiger partial charge in [0.05, 0.1) is 0 Å². The Morgan fingerprint density at radius 1 is 1.06 bits per heavy atom. The van der Waals surface area contributed by atoms with E-state index in [1.165, 1.54) is 36.8 Å². The summed E-state index contributed by atoms with van der Waals surface area (Å²) in [4.78, 5) is 0. The first kappa shape index (κ1) is 13.6. The maximum atomic E-state index is 6.57. The van der Waals surface area contributed by atoms with Gasteiger partial charge < -0.3 is 5.73 Å². The van der Waals surface area contributed by atoms with Gasteiger partial charge in [-0.1, -0.05) is 64.3 Å². The number of rotatable bonds is 3. The fraction of sp³-hybridized carbons (Fsp3) is 0.647. The van der Waals surface area contributed by atoms with E-state index in [-0.39, 0.29) is 11.0 Å². The van der Waals surface area contributed by atoms with E-state index in [9.17, 15) is 0 Å². The molecule has 2 rings (SSSR count). The van der Waals surface area contributed by atoms with Crippen molar-refractivity contribution >= 4 is 0 Å². The molecular weight excluding hydrogens is 218 g/mol. The zero-order chi connectivity index (χ0) is 13.2. The SMILES string of the molecule is CCC(C)(C)c1ccc(C2(N)CCCCC2)cc1. The number of nitrogens with two attached hydrogens (primary N) is 1. The third kappa shape index (κ3) is 2.61. The van der Waals surface area contributed by atoms with Crippen molar-refractivity contribution in [3.05, 3.63) is 35.4 Å². The summed E-state index contributed by atoms with van der Waals surface area (Å²) in [6.07, 6.45) is 7.35. The van der Waals surface area contributed by atoms with Gasteiger partial charge in [-0.05, 0) is 35.8 Å². The molecule has 1 aromatic rings. The second kappa shape index (κ2) is 5.05. The molecule has 1 aliphatic carbocycles. The molecule has 1 nitrogen and oxygen atoms in total. The van der Waals surface area contributed by atoms with Crippen LogP contribution in [0.3, 0.4) is 0 Å². The first-order valence-corrected chi connectivity index (χ1v) is 7.38. The van der Waals surface area contributed by atoms with E-state index in [1.807, 2.05) is 0 Å². The second-order valence-electron chi connectivity index (χ2n) is 6.53. The molecule has 0 heterocycles. The summed E-state index contributed by atoms with van der Waals surface area (Å²) in [6.45, 7) is 6.86. The second-order valence-corrected chi connectivity index (χ2v) is 6.53. The molecule has 0 unspecified atom stereocenters. The van der Waals surface area contributed by atoms with Crippen molar-refractivity contribution in [1.82, 2.24) is 0 Å². The molecule has 1 aromatic carbocycles. The molecule has 1 aliphatic rings. The van der Waals surface area contributed by atoms with Crippen molar-refractivity contribution in [2.45, 2.75) is 70.3 Å². The Kier molecular flexibility index (Phi) is 3.82. The quantitative estimate of drug-likeness (QED) is 0.834. The van der Waals surface area contributed by atoms with Gasteiger partial charge in [-0.2, -0.15) is 0 Å². The zero-order valence-corrected chi connectivity index (χ0v) is 12.1. The third-order valence-corrected chi connectivity index (χ3v) is 4.87. The lowest BCUT2D eigenvalue weighted by molar-refractivity contribution is 0.302. The van der Waals surface area contributed by atoms with Crippen LogP contribution in [-0.4, -0.2) is 0 Å². The van der Waals surface area contributed by atoms with Crippen LogP contribution in [0.5, 0.6) is 0 Å². The van der Waals surface area contributed by atoms with Gasteiger partial charge in [-0.25, -0.2) is 0 Å². The molecule has 0 saturated heterocycles. The van der Waals surface area contributed by atoms with Crippen LogP contribution < -0.4 is 5.73 Å². The molecule has 0 aliphatic heterocycles. The van der Waals surface area contributed by atoms with E-state index in [0.29, 0.717) is 0 Å². The predicted molar refractivity (Wildman–Crippen MR) is 78.7 cm³/mol. The lowest BCUT2D eigenvalue weighted by Crippen LogP contribution is -2.38. The summed E-state index contributed by atoms with van der Waals surface area (Å²) < 4.78 is 0. The van der Waals surface area contributed by atoms with E-state index in [4.69, 9.17) is 5.73 Å². The van der Waals surface area contributed by atoms with E-state index < -0.39 is 0 Å². The summed E-state index contributed by atoms with van der Waals surface area (Å²) in [6, 6.07) is 9.08. The fourth-order valence-electron chi connectivity index (χ4n) is 2.93. The largest absolute Gasteiger partial charge is 0.321 e. The summed E-state index contributed by atoms with van der Waals surface area (Å²) in [7, 11) is 0. The number of benzene rings is 1. The molecule has 0 aromatic heterocycles. The average Bonchev–Trinajstić information content (AvgIpc) is 2.40. The van der Waals surface area contributed by atoms with Crippen LogP contribution in [0, 0.1) is 0 Å². The van der Waals surface area contributed by atoms with Crippen molar-refractivity contribution in [3.63, 3.8) is 0 Å². The Bertz CT molecular complexity index is 383. The molecule has 0 atom stereocenters. The lowest BCUT2D eigenvalue weighted by atomic mass is 9.76. The van der Waals surface area contributed by atoms with Gasteiger partial charge in [0, 0.05) is 5.54 Å². The first-order chi connectivity index (χ1) is 8.48. The van der Waals surface area contributed by atoms with Crippen molar-refractivity contribution in [3.8, 4) is 0 Å². The topological polar surface area (TPSA) is 26.0 Å². The highest BCUT2D eigenvalue weighted by atomic mass is 14.7. The Balaban J connectivity index is 2.22. The highest BCUT2D eigenvalue weighted by Gasteiger charge is 2.29. The van der Waals surface area contributed by atoms with Gasteiger partial charge in [0.2, 0.25) is 0 Å². The molecule has 0 amide bonds. The molecule has 100 valence electrons. The Hall–Kier alpha value is -0.820. The smallest absolute Gasteiger partial charge is 0.0409 e. The van der Waals surface area contributed by atoms with E-state index in [0.717, 1.165) is 12.8 Å². The number of hydrogen-bond donors (Lipinski definition) is 1. The highest BCUT2D eigenvalue weighted by molar-refractivity contribution is 5.32. The Morgan fingerprint density at radius 2 is 1.61 bits per heavy atom. The zero-order valence-electron chi connectivity index (χ0n) is 12.1. The van der Waals surface area contributed by atoms with Crippen LogP contribution in [0.4, 0.5) is 0 Å². The minimum atomic E-state index is -0.0624. The maximum absolute atomic E-state index is 6.57. The average molecular weight is 245 g/mol. The molecular formula is C17H27N. The molecule has 0 bridgehead atoms. The molecule has 0 radical (unpaired) electrons. The Labute approximate surface area is 112 Å². The van der Waals surface area contributed by atoms with E-state index in [2.05, 4.69) is 45.0 Å². The van der Waals surface area contributed by atoms with Crippen molar-refractivity contribution in [1.29, 1.82) is 0 Å². The molecule has 0 spiro atoms. The van der Waals surface area contributed by atoms with Gasteiger partial charge in [-0.15, -0.1) is 0 Å². The van der Waals surface area contributed by atoms with Crippen molar-refractivity contribution in [2.75, 3.05) is 0 Å². The van der Waals surface area contributed by atoms with Gasteiger partial charge in [0.15, 0.2) is 0 Å². The Morgan fingerprint density at radius 3 is 2.11 bits per heavy atom. The molecule has 1 fully saturated rings. The summed E-state index contributed by atoms with van der Waals surface area (Å²) >= 11 is 0. The molecule has 2 N–H and O–H groups in total. The fourth-order valence-corrected chi connectivity index (χ4v) is 2.93. The predicted octanol–water partition coefficient (Wildman–Crippen LogP) is 4.49. The van der Waals surface area contributed by atoms with Gasteiger partial charge >= 0.3 is 0 Å². The third-order valence-electron chi connectivity index (χ3n) is 4.87. The van der Waals surface area contributed by atoms with Crippen LogP contribution in [0.2, 0.25) is 0 Å². The first-order valence-electron chi connectivity index (χ1n) is 7.38. The van der Waals surface area contributed by atoms with Crippen LogP contribution >= 0.6 is 0 Å². The van der Waals surface area contributed by atoms with Crippen LogP contribution in [0.15, 0.2) is 24.3 Å². The summed E-state index contributed by atoms with van der Waals surface area (Å²) in [5.74, 6) is 0. The molecule has 18 heavy (non-hydrogen) atoms. The minimum absolute atomic E-state index is 0.0624. The molecule has 1 saturated carbocycles. The highest BCUT2D eigenvalue weighted by Crippen LogP contribution is 2.36. The van der Waals surface area contributed by atoms with E-state index in [1.54, 1.807) is 0 Å². The van der Waals surface area contributed by atoms with Crippen LogP contribution in [0.1, 0.15) is 70.4 Å². The van der Waals surface area contributed by atoms with Gasteiger partial charge in [0.1, 0.15) is 0 Å². The van der Waals surface area contributed by atoms with Gasteiger partial charge in [0.25, 0.3) is 0 Å². The molecule has 1 heteroatoms. The summed E-state index contributed by atoms with van der Waals surface area (Å²) in [5, 5.41) is 0. The minimum Gasteiger partial charge on any atom is -0.321 e. The van der Waals surface area contributed by atoms with Crippen molar-refractivity contribution in [2.24, 2.45) is 5.73 Å². The maximum Gasteiger partial charge on any atom is 0.0409 e.